The second-order valence-corrected chi connectivity index (χ2v) is 8.88. The first-order valence-corrected chi connectivity index (χ1v) is 11.1. The molecule has 1 fully saturated rings. The molecule has 9 heteroatoms. The van der Waals surface area contributed by atoms with Crippen LogP contribution in [0.15, 0.2) is 24.3 Å². The standard InChI is InChI=1S/C19H28N2O6S/c1-5-17(18(22)21-12-10-14(11-13-21)19(23)26-3)27-16-8-6-15(7-9-16)20(2)28(4,24)25/h6-9,14,17H,5,10-13H2,1-4H3/t17-/m0/s1. The van der Waals surface area contributed by atoms with Crippen molar-refractivity contribution < 1.29 is 27.5 Å². The Hall–Kier alpha value is -2.29. The normalized spacial score (nSPS) is 16.4. The Morgan fingerprint density at radius 2 is 1.79 bits per heavy atom. The van der Waals surface area contributed by atoms with Gasteiger partial charge in [-0.15, -0.1) is 0 Å². The van der Waals surface area contributed by atoms with Crippen LogP contribution in [0.3, 0.4) is 0 Å². The fourth-order valence-corrected chi connectivity index (χ4v) is 3.61. The maximum atomic E-state index is 12.8. The van der Waals surface area contributed by atoms with Crippen molar-refractivity contribution in [1.82, 2.24) is 4.90 Å². The molecule has 1 atom stereocenters. The topological polar surface area (TPSA) is 93.2 Å². The lowest BCUT2D eigenvalue weighted by Gasteiger charge is -2.33. The summed E-state index contributed by atoms with van der Waals surface area (Å²) in [5, 5.41) is 0. The van der Waals surface area contributed by atoms with E-state index in [2.05, 4.69) is 0 Å². The van der Waals surface area contributed by atoms with Crippen molar-refractivity contribution in [3.8, 4) is 5.75 Å². The zero-order valence-corrected chi connectivity index (χ0v) is 17.6. The number of likely N-dealkylation sites (tertiary alicyclic amines) is 1. The summed E-state index contributed by atoms with van der Waals surface area (Å²) in [7, 11) is -0.490. The van der Waals surface area contributed by atoms with Crippen LogP contribution >= 0.6 is 0 Å². The molecule has 1 heterocycles. The number of methoxy groups -OCH3 is 1. The first kappa shape index (κ1) is 22.0. The van der Waals surface area contributed by atoms with Gasteiger partial charge >= 0.3 is 5.97 Å². The lowest BCUT2D eigenvalue weighted by molar-refractivity contribution is -0.150. The van der Waals surface area contributed by atoms with Crippen LogP contribution in [0, 0.1) is 5.92 Å². The maximum Gasteiger partial charge on any atom is 0.308 e. The van der Waals surface area contributed by atoms with Gasteiger partial charge in [0.1, 0.15) is 5.75 Å². The summed E-state index contributed by atoms with van der Waals surface area (Å²) in [5.74, 6) is 0.00223. The number of ether oxygens (including phenoxy) is 2. The van der Waals surface area contributed by atoms with Gasteiger partial charge in [0.15, 0.2) is 6.10 Å². The van der Waals surface area contributed by atoms with E-state index in [1.54, 1.807) is 29.2 Å². The highest BCUT2D eigenvalue weighted by Gasteiger charge is 2.31. The monoisotopic (exact) mass is 412 g/mol. The van der Waals surface area contributed by atoms with E-state index in [1.165, 1.54) is 18.5 Å². The van der Waals surface area contributed by atoms with Gasteiger partial charge in [0, 0.05) is 20.1 Å². The molecule has 8 nitrogen and oxygen atoms in total. The molecule has 0 unspecified atom stereocenters. The van der Waals surface area contributed by atoms with Crippen molar-refractivity contribution in [1.29, 1.82) is 0 Å². The maximum absolute atomic E-state index is 12.8. The molecule has 0 aliphatic carbocycles. The third-order valence-electron chi connectivity index (χ3n) is 4.96. The summed E-state index contributed by atoms with van der Waals surface area (Å²) >= 11 is 0. The van der Waals surface area contributed by atoms with E-state index < -0.39 is 16.1 Å². The number of piperidine rings is 1. The molecule has 0 aromatic heterocycles. The Morgan fingerprint density at radius 1 is 1.21 bits per heavy atom. The molecule has 1 aromatic carbocycles. The number of rotatable bonds is 7. The minimum atomic E-state index is -3.34. The van der Waals surface area contributed by atoms with Crippen molar-refractivity contribution in [2.45, 2.75) is 32.3 Å². The Labute approximate surface area is 166 Å². The summed E-state index contributed by atoms with van der Waals surface area (Å²) in [6.45, 7) is 2.86. The molecular formula is C19H28N2O6S. The van der Waals surface area contributed by atoms with Crippen LogP contribution in [0.25, 0.3) is 0 Å². The second-order valence-electron chi connectivity index (χ2n) is 6.86. The number of hydrogen-bond acceptors (Lipinski definition) is 6. The number of sulfonamides is 1. The molecular weight excluding hydrogens is 384 g/mol. The van der Waals surface area contributed by atoms with Gasteiger partial charge in [-0.25, -0.2) is 8.42 Å². The number of carbonyl (C=O) groups excluding carboxylic acids is 2. The van der Waals surface area contributed by atoms with Gasteiger partial charge in [-0.1, -0.05) is 6.92 Å². The summed E-state index contributed by atoms with van der Waals surface area (Å²) in [4.78, 5) is 26.1. The zero-order chi connectivity index (χ0) is 20.9. The average molecular weight is 413 g/mol. The highest BCUT2D eigenvalue weighted by atomic mass is 32.2. The van der Waals surface area contributed by atoms with Crippen molar-refractivity contribution in [3.63, 3.8) is 0 Å². The van der Waals surface area contributed by atoms with Crippen LogP contribution in [-0.4, -0.2) is 64.8 Å². The van der Waals surface area contributed by atoms with E-state index in [-0.39, 0.29) is 17.8 Å². The molecule has 156 valence electrons. The quantitative estimate of drug-likeness (QED) is 0.632. The van der Waals surface area contributed by atoms with E-state index in [1.807, 2.05) is 6.92 Å². The van der Waals surface area contributed by atoms with Crippen LogP contribution in [0.2, 0.25) is 0 Å². The summed E-state index contributed by atoms with van der Waals surface area (Å²) in [6.07, 6.45) is 2.17. The lowest BCUT2D eigenvalue weighted by Crippen LogP contribution is -2.46. The fourth-order valence-electron chi connectivity index (χ4n) is 3.10. The molecule has 1 saturated heterocycles. The molecule has 0 N–H and O–H groups in total. The van der Waals surface area contributed by atoms with Gasteiger partial charge in [-0.3, -0.25) is 13.9 Å². The number of carbonyl (C=O) groups is 2. The second kappa shape index (κ2) is 9.27. The van der Waals surface area contributed by atoms with Crippen LogP contribution < -0.4 is 9.04 Å². The van der Waals surface area contributed by atoms with Gasteiger partial charge in [-0.2, -0.15) is 0 Å². The molecule has 2 rings (SSSR count). The number of benzene rings is 1. The predicted octanol–water partition coefficient (Wildman–Crippen LogP) is 1.65. The van der Waals surface area contributed by atoms with Gasteiger partial charge in [-0.05, 0) is 43.5 Å². The van der Waals surface area contributed by atoms with Gasteiger partial charge in [0.05, 0.1) is 25.0 Å². The minimum absolute atomic E-state index is 0.108. The Balaban J connectivity index is 1.98. The first-order valence-electron chi connectivity index (χ1n) is 9.24. The van der Waals surface area contributed by atoms with E-state index in [4.69, 9.17) is 9.47 Å². The third-order valence-corrected chi connectivity index (χ3v) is 6.17. The highest BCUT2D eigenvalue weighted by molar-refractivity contribution is 7.92. The van der Waals surface area contributed by atoms with Gasteiger partial charge < -0.3 is 14.4 Å². The predicted molar refractivity (Wildman–Crippen MR) is 106 cm³/mol. The number of nitrogens with zero attached hydrogens (tertiary/aromatic N) is 2. The summed E-state index contributed by atoms with van der Waals surface area (Å²) in [6, 6.07) is 6.57. The molecule has 1 aromatic rings. The Bertz CT molecular complexity index is 785. The van der Waals surface area contributed by atoms with Crippen molar-refractivity contribution in [2.24, 2.45) is 5.92 Å². The third kappa shape index (κ3) is 5.37. The zero-order valence-electron chi connectivity index (χ0n) is 16.8. The number of amides is 1. The van der Waals surface area contributed by atoms with Crippen molar-refractivity contribution in [2.75, 3.05) is 37.8 Å². The number of hydrogen-bond donors (Lipinski definition) is 0. The molecule has 0 spiro atoms. The molecule has 0 bridgehead atoms. The first-order chi connectivity index (χ1) is 13.2. The summed E-state index contributed by atoms with van der Waals surface area (Å²) < 4.78 is 35.0. The average Bonchev–Trinajstić information content (AvgIpc) is 2.70. The Kier molecular flexibility index (Phi) is 7.29. The van der Waals surface area contributed by atoms with Crippen molar-refractivity contribution >= 4 is 27.6 Å². The molecule has 0 radical (unpaired) electrons. The Morgan fingerprint density at radius 3 is 2.25 bits per heavy atom. The number of anilines is 1. The van der Waals surface area contributed by atoms with Crippen LogP contribution in [0.5, 0.6) is 5.75 Å². The smallest absolute Gasteiger partial charge is 0.308 e. The van der Waals surface area contributed by atoms with Crippen LogP contribution in [0.1, 0.15) is 26.2 Å². The number of esters is 1. The largest absolute Gasteiger partial charge is 0.481 e. The van der Waals surface area contributed by atoms with Crippen LogP contribution in [-0.2, 0) is 24.3 Å². The highest BCUT2D eigenvalue weighted by Crippen LogP contribution is 2.23. The van der Waals surface area contributed by atoms with Crippen LogP contribution in [0.4, 0.5) is 5.69 Å². The lowest BCUT2D eigenvalue weighted by atomic mass is 9.96. The SMILES string of the molecule is CC[C@H](Oc1ccc(N(C)S(C)(=O)=O)cc1)C(=O)N1CCC(C(=O)OC)CC1. The molecule has 1 aliphatic heterocycles. The molecule has 0 saturated carbocycles. The van der Waals surface area contributed by atoms with E-state index in [9.17, 15) is 18.0 Å². The van der Waals surface area contributed by atoms with Crippen molar-refractivity contribution in [3.05, 3.63) is 24.3 Å². The minimum Gasteiger partial charge on any atom is -0.481 e. The molecule has 1 amide bonds. The fraction of sp³-hybridized carbons (Fsp3) is 0.579. The van der Waals surface area contributed by atoms with E-state index in [0.717, 1.165) is 6.26 Å². The molecule has 28 heavy (non-hydrogen) atoms. The van der Waals surface area contributed by atoms with Gasteiger partial charge in [0.25, 0.3) is 5.91 Å². The summed E-state index contributed by atoms with van der Waals surface area (Å²) in [5.41, 5.74) is 0.513. The molecule has 1 aliphatic rings. The van der Waals surface area contributed by atoms with E-state index >= 15 is 0 Å². The van der Waals surface area contributed by atoms with Gasteiger partial charge in [0.2, 0.25) is 10.0 Å². The van der Waals surface area contributed by atoms with E-state index in [0.29, 0.717) is 43.8 Å².